The number of amides is 1. The molecule has 1 N–H and O–H groups in total. The van der Waals surface area contributed by atoms with E-state index in [0.29, 0.717) is 10.0 Å². The van der Waals surface area contributed by atoms with Crippen LogP contribution in [0, 0.1) is 5.82 Å². The molecule has 2 aromatic rings. The van der Waals surface area contributed by atoms with Crippen LogP contribution in [-0.4, -0.2) is 20.6 Å². The predicted octanol–water partition coefficient (Wildman–Crippen LogP) is 2.92. The monoisotopic (exact) mass is 385 g/mol. The predicted molar refractivity (Wildman–Crippen MR) is 84.8 cm³/mol. The second kappa shape index (κ2) is 6.58. The first-order chi connectivity index (χ1) is 10.3. The highest BCUT2D eigenvalue weighted by molar-refractivity contribution is 9.10. The molecule has 4 nitrogen and oxygen atoms in total. The minimum absolute atomic E-state index is 0.0760. The Hall–Kier alpha value is -1.73. The van der Waals surface area contributed by atoms with E-state index < -0.39 is 21.6 Å². The maximum absolute atomic E-state index is 13.2. The van der Waals surface area contributed by atoms with Gasteiger partial charge in [0.1, 0.15) is 5.82 Å². The van der Waals surface area contributed by atoms with Gasteiger partial charge >= 0.3 is 0 Å². The summed E-state index contributed by atoms with van der Waals surface area (Å²) >= 11 is 3.28. The molecule has 0 radical (unpaired) electrons. The third-order valence-corrected chi connectivity index (χ3v) is 4.86. The van der Waals surface area contributed by atoms with Gasteiger partial charge in [-0.15, -0.1) is 0 Å². The highest BCUT2D eigenvalue weighted by Gasteiger charge is 2.12. The fourth-order valence-corrected chi connectivity index (χ4v) is 2.88. The van der Waals surface area contributed by atoms with Gasteiger partial charge in [0.15, 0.2) is 9.84 Å². The molecule has 0 heterocycles. The van der Waals surface area contributed by atoms with E-state index >= 15 is 0 Å². The maximum Gasteiger partial charge on any atom is 0.251 e. The van der Waals surface area contributed by atoms with Crippen LogP contribution in [0.3, 0.4) is 0 Å². The lowest BCUT2D eigenvalue weighted by atomic mass is 10.2. The van der Waals surface area contributed by atoms with Crippen LogP contribution in [0.25, 0.3) is 0 Å². The number of halogens is 2. The molecular weight excluding hydrogens is 373 g/mol. The Morgan fingerprint density at radius 1 is 1.23 bits per heavy atom. The molecule has 116 valence electrons. The minimum atomic E-state index is -3.38. The Balaban J connectivity index is 2.15. The van der Waals surface area contributed by atoms with E-state index in [1.165, 1.54) is 36.4 Å². The van der Waals surface area contributed by atoms with E-state index in [2.05, 4.69) is 21.2 Å². The van der Waals surface area contributed by atoms with Crippen LogP contribution in [0.2, 0.25) is 0 Å². The molecule has 22 heavy (non-hydrogen) atoms. The number of sulfone groups is 1. The fourth-order valence-electron chi connectivity index (χ4n) is 1.82. The number of rotatable bonds is 4. The van der Waals surface area contributed by atoms with Crippen molar-refractivity contribution in [1.82, 2.24) is 5.32 Å². The van der Waals surface area contributed by atoms with Crippen LogP contribution in [0.15, 0.2) is 51.8 Å². The van der Waals surface area contributed by atoms with Gasteiger partial charge < -0.3 is 5.32 Å². The van der Waals surface area contributed by atoms with Crippen LogP contribution >= 0.6 is 15.9 Å². The normalized spacial score (nSPS) is 11.2. The summed E-state index contributed by atoms with van der Waals surface area (Å²) < 4.78 is 36.8. The molecule has 2 rings (SSSR count). The molecule has 1 amide bonds. The van der Waals surface area contributed by atoms with Gasteiger partial charge in [0.05, 0.1) is 4.90 Å². The highest BCUT2D eigenvalue weighted by Crippen LogP contribution is 2.18. The molecule has 0 aliphatic carbocycles. The van der Waals surface area contributed by atoms with Crippen molar-refractivity contribution < 1.29 is 17.6 Å². The van der Waals surface area contributed by atoms with Crippen LogP contribution in [0.4, 0.5) is 4.39 Å². The molecule has 0 fully saturated rings. The first-order valence-corrected chi connectivity index (χ1v) is 8.98. The van der Waals surface area contributed by atoms with Gasteiger partial charge in [-0.25, -0.2) is 12.8 Å². The van der Waals surface area contributed by atoms with Crippen molar-refractivity contribution in [1.29, 1.82) is 0 Å². The Kier molecular flexibility index (Phi) is 4.97. The molecule has 0 atom stereocenters. The Bertz CT molecular complexity index is 821. The molecule has 0 spiro atoms. The molecule has 0 saturated carbocycles. The lowest BCUT2D eigenvalue weighted by molar-refractivity contribution is 0.0950. The minimum Gasteiger partial charge on any atom is -0.348 e. The molecule has 2 aromatic carbocycles. The topological polar surface area (TPSA) is 63.2 Å². The van der Waals surface area contributed by atoms with E-state index in [-0.39, 0.29) is 17.0 Å². The maximum atomic E-state index is 13.2. The molecule has 0 bridgehead atoms. The van der Waals surface area contributed by atoms with Crippen molar-refractivity contribution in [2.45, 2.75) is 11.4 Å². The SMILES string of the molecule is CS(=O)(=O)c1cccc(C(=O)NCc2cc(F)ccc2Br)c1. The van der Waals surface area contributed by atoms with Gasteiger partial charge in [-0.1, -0.05) is 22.0 Å². The van der Waals surface area contributed by atoms with Gasteiger partial charge in [-0.2, -0.15) is 0 Å². The van der Waals surface area contributed by atoms with E-state index in [4.69, 9.17) is 0 Å². The van der Waals surface area contributed by atoms with Gasteiger partial charge in [0.25, 0.3) is 5.91 Å². The molecule has 7 heteroatoms. The summed E-state index contributed by atoms with van der Waals surface area (Å²) in [6.07, 6.45) is 1.08. The summed E-state index contributed by atoms with van der Waals surface area (Å²) in [4.78, 5) is 12.2. The van der Waals surface area contributed by atoms with Crippen LogP contribution < -0.4 is 5.32 Å². The zero-order chi connectivity index (χ0) is 16.3. The van der Waals surface area contributed by atoms with Crippen molar-refractivity contribution >= 4 is 31.7 Å². The summed E-state index contributed by atoms with van der Waals surface area (Å²) in [7, 11) is -3.38. The van der Waals surface area contributed by atoms with E-state index in [0.717, 1.165) is 6.26 Å². The molecular formula is C15H13BrFNO3S. The smallest absolute Gasteiger partial charge is 0.251 e. The first kappa shape index (κ1) is 16.6. The van der Waals surface area contributed by atoms with Crippen molar-refractivity contribution in [3.63, 3.8) is 0 Å². The summed E-state index contributed by atoms with van der Waals surface area (Å²) in [6.45, 7) is 0.125. The van der Waals surface area contributed by atoms with Crippen molar-refractivity contribution in [2.24, 2.45) is 0 Å². The third-order valence-electron chi connectivity index (χ3n) is 2.97. The van der Waals surface area contributed by atoms with E-state index in [1.807, 2.05) is 0 Å². The average Bonchev–Trinajstić information content (AvgIpc) is 2.47. The number of hydrogen-bond donors (Lipinski definition) is 1. The Morgan fingerprint density at radius 3 is 2.64 bits per heavy atom. The van der Waals surface area contributed by atoms with Gasteiger partial charge in [-0.05, 0) is 42.0 Å². The van der Waals surface area contributed by atoms with Crippen LogP contribution in [0.5, 0.6) is 0 Å². The largest absolute Gasteiger partial charge is 0.348 e. The number of nitrogens with one attached hydrogen (secondary N) is 1. The van der Waals surface area contributed by atoms with Crippen LogP contribution in [-0.2, 0) is 16.4 Å². The van der Waals surface area contributed by atoms with E-state index in [1.54, 1.807) is 6.07 Å². The van der Waals surface area contributed by atoms with Crippen LogP contribution in [0.1, 0.15) is 15.9 Å². The number of carbonyl (C=O) groups excluding carboxylic acids is 1. The Labute approximate surface area is 136 Å². The second-order valence-corrected chi connectivity index (χ2v) is 7.59. The third kappa shape index (κ3) is 4.14. The quantitative estimate of drug-likeness (QED) is 0.879. The van der Waals surface area contributed by atoms with E-state index in [9.17, 15) is 17.6 Å². The standard InChI is InChI=1S/C15H13BrFNO3S/c1-22(20,21)13-4-2-3-10(8-13)15(19)18-9-11-7-12(17)5-6-14(11)16/h2-8H,9H2,1H3,(H,18,19). The number of benzene rings is 2. The first-order valence-electron chi connectivity index (χ1n) is 6.29. The Morgan fingerprint density at radius 2 is 1.95 bits per heavy atom. The molecule has 0 aliphatic heterocycles. The number of hydrogen-bond acceptors (Lipinski definition) is 3. The fraction of sp³-hybridized carbons (Fsp3) is 0.133. The lowest BCUT2D eigenvalue weighted by Crippen LogP contribution is -2.23. The van der Waals surface area contributed by atoms with Gasteiger partial charge in [-0.3, -0.25) is 4.79 Å². The van der Waals surface area contributed by atoms with Crippen molar-refractivity contribution in [2.75, 3.05) is 6.26 Å². The molecule has 0 saturated heterocycles. The zero-order valence-corrected chi connectivity index (χ0v) is 14.0. The molecule has 0 unspecified atom stereocenters. The summed E-state index contributed by atoms with van der Waals surface area (Å²) in [5, 5.41) is 2.63. The van der Waals surface area contributed by atoms with Gasteiger partial charge in [0.2, 0.25) is 0 Å². The second-order valence-electron chi connectivity index (χ2n) is 4.72. The van der Waals surface area contributed by atoms with Crippen molar-refractivity contribution in [3.8, 4) is 0 Å². The summed E-state index contributed by atoms with van der Waals surface area (Å²) in [6, 6.07) is 9.94. The average molecular weight is 386 g/mol. The number of carbonyl (C=O) groups is 1. The highest BCUT2D eigenvalue weighted by atomic mass is 79.9. The van der Waals surface area contributed by atoms with Crippen molar-refractivity contribution in [3.05, 3.63) is 63.9 Å². The summed E-state index contributed by atoms with van der Waals surface area (Å²) in [5.41, 5.74) is 0.822. The molecule has 0 aromatic heterocycles. The lowest BCUT2D eigenvalue weighted by Gasteiger charge is -2.08. The summed E-state index contributed by atoms with van der Waals surface area (Å²) in [5.74, 6) is -0.826. The molecule has 0 aliphatic rings. The zero-order valence-electron chi connectivity index (χ0n) is 11.6. The van der Waals surface area contributed by atoms with Gasteiger partial charge in [0, 0.05) is 22.8 Å².